The number of sulfonamides is 1. The van der Waals surface area contributed by atoms with Crippen LogP contribution in [0.15, 0.2) is 75.6 Å². The minimum Gasteiger partial charge on any atom is -0.283 e. The molecule has 2 fully saturated rings. The van der Waals surface area contributed by atoms with Gasteiger partial charge in [-0.05, 0) is 72.6 Å². The molecule has 0 spiro atoms. The van der Waals surface area contributed by atoms with Crippen molar-refractivity contribution in [2.45, 2.75) is 43.0 Å². The number of rotatable bonds is 4. The Morgan fingerprint density at radius 2 is 1.76 bits per heavy atom. The average Bonchev–Trinajstić information content (AvgIpc) is 3.14. The predicted molar refractivity (Wildman–Crippen MR) is 136 cm³/mol. The molecule has 0 bridgehead atoms. The number of aliphatic imine (C=N–C) groups is 1. The molecular weight excluding hydrogens is 468 g/mol. The highest BCUT2D eigenvalue weighted by molar-refractivity contribution is 8.18. The number of hydrogen-bond acceptors (Lipinski definition) is 6. The summed E-state index contributed by atoms with van der Waals surface area (Å²) >= 11 is 1.35. The average molecular weight is 493 g/mol. The first-order chi connectivity index (χ1) is 16.4. The maximum Gasteiger partial charge on any atom is 0.267 e. The zero-order valence-corrected chi connectivity index (χ0v) is 20.1. The van der Waals surface area contributed by atoms with Crippen LogP contribution in [0.2, 0.25) is 0 Å². The van der Waals surface area contributed by atoms with Crippen molar-refractivity contribution >= 4 is 55.5 Å². The molecule has 1 amide bonds. The Morgan fingerprint density at radius 1 is 1.03 bits per heavy atom. The third-order valence-corrected chi connectivity index (χ3v) is 8.05. The molecule has 0 atom stereocenters. The number of para-hydroxylation sites is 1. The fourth-order valence-electron chi connectivity index (χ4n) is 4.43. The molecule has 5 rings (SSSR count). The summed E-state index contributed by atoms with van der Waals surface area (Å²) in [5.74, 6) is -0.0438. The Kier molecular flexibility index (Phi) is 6.24. The lowest BCUT2D eigenvalue weighted by Gasteiger charge is -2.30. The van der Waals surface area contributed by atoms with E-state index in [1.807, 2.05) is 41.3 Å². The van der Waals surface area contributed by atoms with Crippen molar-refractivity contribution in [3.63, 3.8) is 0 Å². The Morgan fingerprint density at radius 3 is 2.50 bits per heavy atom. The molecule has 0 radical (unpaired) electrons. The molecular formula is C25H24N4O3S2. The standard InChI is InChI=1S/C25H24N4O3S2/c26-34(31,32)20-12-10-18(11-13-20)28-25-29(19-6-2-1-3-7-19)24(30)23(33-25)16-17-14-15-27-22-9-5-4-8-21(17)22/h4-5,8-16,19H,1-3,6-7H2,(H2,26,31,32)/b23-16?,28-25-. The molecule has 3 aromatic rings. The second-order valence-corrected chi connectivity index (χ2v) is 11.0. The number of primary sulfonamides is 1. The second kappa shape index (κ2) is 9.32. The maximum atomic E-state index is 13.6. The van der Waals surface area contributed by atoms with E-state index in [0.717, 1.165) is 42.1 Å². The van der Waals surface area contributed by atoms with Gasteiger partial charge in [0.1, 0.15) is 0 Å². The maximum absolute atomic E-state index is 13.6. The number of aromatic nitrogens is 1. The largest absolute Gasteiger partial charge is 0.283 e. The van der Waals surface area contributed by atoms with Crippen molar-refractivity contribution in [1.29, 1.82) is 0 Å². The molecule has 2 aliphatic rings. The smallest absolute Gasteiger partial charge is 0.267 e. The number of benzene rings is 2. The van der Waals surface area contributed by atoms with Crippen LogP contribution in [-0.2, 0) is 14.8 Å². The lowest BCUT2D eigenvalue weighted by Crippen LogP contribution is -2.40. The molecule has 1 saturated carbocycles. The van der Waals surface area contributed by atoms with E-state index in [1.54, 1.807) is 18.3 Å². The van der Waals surface area contributed by atoms with Crippen LogP contribution < -0.4 is 5.14 Å². The van der Waals surface area contributed by atoms with Crippen LogP contribution in [0.25, 0.3) is 17.0 Å². The lowest BCUT2D eigenvalue weighted by atomic mass is 9.94. The Labute approximate surface area is 202 Å². The van der Waals surface area contributed by atoms with Crippen LogP contribution in [0, 0.1) is 0 Å². The van der Waals surface area contributed by atoms with E-state index < -0.39 is 10.0 Å². The molecule has 2 heterocycles. The van der Waals surface area contributed by atoms with E-state index >= 15 is 0 Å². The molecule has 0 unspecified atom stereocenters. The first-order valence-electron chi connectivity index (χ1n) is 11.2. The van der Waals surface area contributed by atoms with E-state index in [-0.39, 0.29) is 16.8 Å². The lowest BCUT2D eigenvalue weighted by molar-refractivity contribution is -0.124. The van der Waals surface area contributed by atoms with Crippen molar-refractivity contribution in [2.75, 3.05) is 0 Å². The molecule has 2 aromatic carbocycles. The second-order valence-electron chi connectivity index (χ2n) is 8.43. The van der Waals surface area contributed by atoms with Crippen LogP contribution in [0.4, 0.5) is 5.69 Å². The van der Waals surface area contributed by atoms with Gasteiger partial charge in [0.25, 0.3) is 5.91 Å². The predicted octanol–water partition coefficient (Wildman–Crippen LogP) is 4.82. The van der Waals surface area contributed by atoms with Gasteiger partial charge < -0.3 is 0 Å². The zero-order valence-electron chi connectivity index (χ0n) is 18.4. The summed E-state index contributed by atoms with van der Waals surface area (Å²) in [5.41, 5.74) is 2.38. The van der Waals surface area contributed by atoms with Gasteiger partial charge in [-0.3, -0.25) is 14.7 Å². The number of nitrogens with zero attached hydrogens (tertiary/aromatic N) is 3. The Hall–Kier alpha value is -3.01. The van der Waals surface area contributed by atoms with Gasteiger partial charge in [0.2, 0.25) is 10.0 Å². The number of carbonyl (C=O) groups is 1. The molecule has 7 nitrogen and oxygen atoms in total. The topological polar surface area (TPSA) is 106 Å². The monoisotopic (exact) mass is 492 g/mol. The highest BCUT2D eigenvalue weighted by atomic mass is 32.2. The SMILES string of the molecule is NS(=O)(=O)c1ccc(/N=C2\SC(=Cc3ccnc4ccccc34)C(=O)N2C2CCCCC2)cc1. The summed E-state index contributed by atoms with van der Waals surface area (Å²) in [7, 11) is -3.78. The molecule has 1 saturated heterocycles. The summed E-state index contributed by atoms with van der Waals surface area (Å²) < 4.78 is 23.1. The van der Waals surface area contributed by atoms with Crippen LogP contribution in [0.1, 0.15) is 37.7 Å². The molecule has 2 N–H and O–H groups in total. The number of amidine groups is 1. The summed E-state index contributed by atoms with van der Waals surface area (Å²) in [6.07, 6.45) is 8.91. The van der Waals surface area contributed by atoms with Gasteiger partial charge in [0, 0.05) is 17.6 Å². The quantitative estimate of drug-likeness (QED) is 0.526. The molecule has 34 heavy (non-hydrogen) atoms. The van der Waals surface area contributed by atoms with Gasteiger partial charge in [-0.1, -0.05) is 37.5 Å². The summed E-state index contributed by atoms with van der Waals surface area (Å²) in [6, 6.07) is 15.9. The first-order valence-corrected chi connectivity index (χ1v) is 13.5. The first kappa shape index (κ1) is 22.8. The molecule has 1 aromatic heterocycles. The van der Waals surface area contributed by atoms with E-state index in [9.17, 15) is 13.2 Å². The van der Waals surface area contributed by atoms with Crippen molar-refractivity contribution in [3.05, 3.63) is 71.3 Å². The summed E-state index contributed by atoms with van der Waals surface area (Å²) in [6.45, 7) is 0. The van der Waals surface area contributed by atoms with E-state index in [0.29, 0.717) is 15.8 Å². The Bertz CT molecular complexity index is 1400. The number of amides is 1. The fraction of sp³-hybridized carbons (Fsp3) is 0.240. The van der Waals surface area contributed by atoms with Gasteiger partial charge in [0.05, 0.1) is 21.0 Å². The minimum atomic E-state index is -3.78. The van der Waals surface area contributed by atoms with Crippen molar-refractivity contribution in [2.24, 2.45) is 10.1 Å². The van der Waals surface area contributed by atoms with Gasteiger partial charge in [-0.2, -0.15) is 0 Å². The van der Waals surface area contributed by atoms with Gasteiger partial charge in [-0.15, -0.1) is 0 Å². The number of nitrogens with two attached hydrogens (primary N) is 1. The van der Waals surface area contributed by atoms with Crippen LogP contribution in [-0.4, -0.2) is 35.4 Å². The number of hydrogen-bond donors (Lipinski definition) is 1. The number of carbonyl (C=O) groups excluding carboxylic acids is 1. The highest BCUT2D eigenvalue weighted by Crippen LogP contribution is 2.39. The van der Waals surface area contributed by atoms with Crippen molar-refractivity contribution < 1.29 is 13.2 Å². The highest BCUT2D eigenvalue weighted by Gasteiger charge is 2.38. The molecule has 9 heteroatoms. The zero-order chi connectivity index (χ0) is 23.7. The van der Waals surface area contributed by atoms with E-state index in [2.05, 4.69) is 4.98 Å². The third-order valence-electron chi connectivity index (χ3n) is 6.14. The molecule has 1 aliphatic carbocycles. The fourth-order valence-corrected chi connectivity index (χ4v) is 6.00. The van der Waals surface area contributed by atoms with Gasteiger partial charge in [0.15, 0.2) is 5.17 Å². The minimum absolute atomic E-state index is 0.0286. The molecule has 1 aliphatic heterocycles. The van der Waals surface area contributed by atoms with Crippen LogP contribution in [0.3, 0.4) is 0 Å². The van der Waals surface area contributed by atoms with Gasteiger partial charge >= 0.3 is 0 Å². The normalized spacial score (nSPS) is 20.0. The van der Waals surface area contributed by atoms with Crippen LogP contribution in [0.5, 0.6) is 0 Å². The van der Waals surface area contributed by atoms with Gasteiger partial charge in [-0.25, -0.2) is 18.5 Å². The Balaban J connectivity index is 1.54. The van der Waals surface area contributed by atoms with E-state index in [4.69, 9.17) is 10.1 Å². The summed E-state index contributed by atoms with van der Waals surface area (Å²) in [5, 5.41) is 6.81. The third kappa shape index (κ3) is 4.64. The van der Waals surface area contributed by atoms with Crippen molar-refractivity contribution in [3.8, 4) is 0 Å². The number of pyridine rings is 1. The molecule has 174 valence electrons. The van der Waals surface area contributed by atoms with Crippen molar-refractivity contribution in [1.82, 2.24) is 9.88 Å². The summed E-state index contributed by atoms with van der Waals surface area (Å²) in [4.78, 5) is 25.2. The van der Waals surface area contributed by atoms with E-state index in [1.165, 1.54) is 30.3 Å². The number of fused-ring (bicyclic) bond motifs is 1. The van der Waals surface area contributed by atoms with Crippen LogP contribution >= 0.6 is 11.8 Å². The number of thioether (sulfide) groups is 1.